The minimum atomic E-state index is -0.241. The molecule has 0 amide bonds. The van der Waals surface area contributed by atoms with E-state index in [2.05, 4.69) is 6.07 Å². The van der Waals surface area contributed by atoms with Gasteiger partial charge >= 0.3 is 0 Å². The van der Waals surface area contributed by atoms with E-state index >= 15 is 0 Å². The molecule has 1 aliphatic rings. The maximum Gasteiger partial charge on any atom is 0.0825 e. The van der Waals surface area contributed by atoms with E-state index < -0.39 is 0 Å². The molecule has 1 saturated carbocycles. The van der Waals surface area contributed by atoms with Crippen molar-refractivity contribution in [1.29, 1.82) is 5.26 Å². The Morgan fingerprint density at radius 1 is 1.43 bits per heavy atom. The van der Waals surface area contributed by atoms with Gasteiger partial charge in [0.2, 0.25) is 0 Å². The smallest absolute Gasteiger partial charge is 0.0825 e. The van der Waals surface area contributed by atoms with Crippen LogP contribution < -0.4 is 0 Å². The Kier molecular flexibility index (Phi) is 2.25. The van der Waals surface area contributed by atoms with Crippen LogP contribution in [0.15, 0.2) is 18.2 Å². The summed E-state index contributed by atoms with van der Waals surface area (Å²) in [6.45, 7) is 2.04. The summed E-state index contributed by atoms with van der Waals surface area (Å²) in [6.07, 6.45) is 3.11. The van der Waals surface area contributed by atoms with Crippen LogP contribution >= 0.6 is 11.6 Å². The highest BCUT2D eigenvalue weighted by Gasteiger charge is 2.39. The quantitative estimate of drug-likeness (QED) is 0.688. The molecule has 0 heterocycles. The molecule has 0 atom stereocenters. The van der Waals surface area contributed by atoms with Crippen LogP contribution in [0.4, 0.5) is 0 Å². The van der Waals surface area contributed by atoms with Crippen LogP contribution in [-0.4, -0.2) is 0 Å². The maximum atomic E-state index is 9.21. The Labute approximate surface area is 89.3 Å². The molecule has 0 saturated heterocycles. The Bertz CT molecular complexity index is 399. The molecule has 1 aliphatic carbocycles. The summed E-state index contributed by atoms with van der Waals surface area (Å²) in [6, 6.07) is 8.26. The average molecular weight is 206 g/mol. The predicted molar refractivity (Wildman–Crippen MR) is 57.3 cm³/mol. The normalized spacial score (nSPS) is 18.4. The van der Waals surface area contributed by atoms with E-state index in [1.54, 1.807) is 0 Å². The lowest BCUT2D eigenvalue weighted by Crippen LogP contribution is -2.33. The SMILES string of the molecule is Cc1ccc(Cl)cc1C1(C#N)CCC1. The molecule has 0 radical (unpaired) electrons. The second-order valence-corrected chi connectivity index (χ2v) is 4.44. The summed E-state index contributed by atoms with van der Waals surface area (Å²) in [5, 5.41) is 9.94. The topological polar surface area (TPSA) is 23.8 Å². The van der Waals surface area contributed by atoms with Crippen molar-refractivity contribution in [2.75, 3.05) is 0 Å². The first-order valence-electron chi connectivity index (χ1n) is 4.86. The van der Waals surface area contributed by atoms with Gasteiger partial charge in [-0.05, 0) is 49.4 Å². The second-order valence-electron chi connectivity index (χ2n) is 4.01. The molecule has 14 heavy (non-hydrogen) atoms. The molecule has 0 aliphatic heterocycles. The zero-order chi connectivity index (χ0) is 10.2. The van der Waals surface area contributed by atoms with Gasteiger partial charge in [-0.3, -0.25) is 0 Å². The van der Waals surface area contributed by atoms with Crippen LogP contribution in [0.2, 0.25) is 5.02 Å². The van der Waals surface area contributed by atoms with Crippen LogP contribution in [-0.2, 0) is 5.41 Å². The number of hydrogen-bond acceptors (Lipinski definition) is 1. The van der Waals surface area contributed by atoms with E-state index in [4.69, 9.17) is 11.6 Å². The molecule has 2 heteroatoms. The summed E-state index contributed by atoms with van der Waals surface area (Å²) in [5.74, 6) is 0. The standard InChI is InChI=1S/C12H12ClN/c1-9-3-4-10(13)7-11(9)12(8-14)5-2-6-12/h3-4,7H,2,5-6H2,1H3. The number of nitrogens with zero attached hydrogens (tertiary/aromatic N) is 1. The predicted octanol–water partition coefficient (Wildman–Crippen LogP) is 3.59. The van der Waals surface area contributed by atoms with Crippen molar-refractivity contribution in [3.05, 3.63) is 34.3 Å². The van der Waals surface area contributed by atoms with Gasteiger partial charge in [0.15, 0.2) is 0 Å². The highest BCUT2D eigenvalue weighted by molar-refractivity contribution is 6.30. The van der Waals surface area contributed by atoms with Crippen LogP contribution in [0.3, 0.4) is 0 Å². The van der Waals surface area contributed by atoms with Crippen molar-refractivity contribution >= 4 is 11.6 Å². The Morgan fingerprint density at radius 2 is 2.14 bits per heavy atom. The lowest BCUT2D eigenvalue weighted by Gasteiger charge is -2.36. The van der Waals surface area contributed by atoms with E-state index in [9.17, 15) is 5.26 Å². The second kappa shape index (κ2) is 3.29. The summed E-state index contributed by atoms with van der Waals surface area (Å²) < 4.78 is 0. The van der Waals surface area contributed by atoms with E-state index in [0.29, 0.717) is 0 Å². The summed E-state index contributed by atoms with van der Waals surface area (Å²) >= 11 is 5.95. The third-order valence-electron chi connectivity index (χ3n) is 3.14. The van der Waals surface area contributed by atoms with Crippen LogP contribution in [0.1, 0.15) is 30.4 Å². The molecule has 1 aromatic carbocycles. The Hall–Kier alpha value is -1.00. The number of hydrogen-bond donors (Lipinski definition) is 0. The van der Waals surface area contributed by atoms with Gasteiger partial charge in [-0.25, -0.2) is 0 Å². The first kappa shape index (κ1) is 9.55. The molecule has 0 bridgehead atoms. The fraction of sp³-hybridized carbons (Fsp3) is 0.417. The molecule has 1 nitrogen and oxygen atoms in total. The third-order valence-corrected chi connectivity index (χ3v) is 3.37. The number of aryl methyl sites for hydroxylation is 1. The molecule has 72 valence electrons. The van der Waals surface area contributed by atoms with E-state index in [0.717, 1.165) is 29.8 Å². The molecule has 0 N–H and O–H groups in total. The largest absolute Gasteiger partial charge is 0.197 e. The van der Waals surface area contributed by atoms with Gasteiger partial charge in [-0.15, -0.1) is 0 Å². The molecule has 0 spiro atoms. The van der Waals surface area contributed by atoms with Gasteiger partial charge in [0.05, 0.1) is 11.5 Å². The fourth-order valence-electron chi connectivity index (χ4n) is 2.08. The van der Waals surface area contributed by atoms with Gasteiger partial charge in [0.1, 0.15) is 0 Å². The number of rotatable bonds is 1. The van der Waals surface area contributed by atoms with Crippen LogP contribution in [0.5, 0.6) is 0 Å². The van der Waals surface area contributed by atoms with E-state index in [-0.39, 0.29) is 5.41 Å². The number of benzene rings is 1. The van der Waals surface area contributed by atoms with E-state index in [1.165, 1.54) is 5.56 Å². The lowest BCUT2D eigenvalue weighted by atomic mass is 9.64. The van der Waals surface area contributed by atoms with E-state index in [1.807, 2.05) is 25.1 Å². The number of halogens is 1. The Balaban J connectivity index is 2.50. The first-order valence-corrected chi connectivity index (χ1v) is 5.24. The van der Waals surface area contributed by atoms with Gasteiger partial charge in [-0.1, -0.05) is 17.7 Å². The van der Waals surface area contributed by atoms with Gasteiger partial charge in [0, 0.05) is 5.02 Å². The molecule has 1 aromatic rings. The highest BCUT2D eigenvalue weighted by Crippen LogP contribution is 2.44. The van der Waals surface area contributed by atoms with Crippen molar-refractivity contribution in [2.24, 2.45) is 0 Å². The van der Waals surface area contributed by atoms with Crippen molar-refractivity contribution in [3.63, 3.8) is 0 Å². The van der Waals surface area contributed by atoms with Gasteiger partial charge in [0.25, 0.3) is 0 Å². The molecular formula is C12H12ClN. The zero-order valence-corrected chi connectivity index (χ0v) is 8.93. The maximum absolute atomic E-state index is 9.21. The zero-order valence-electron chi connectivity index (χ0n) is 8.18. The van der Waals surface area contributed by atoms with Crippen LogP contribution in [0, 0.1) is 18.3 Å². The minimum absolute atomic E-state index is 0.241. The monoisotopic (exact) mass is 205 g/mol. The van der Waals surface area contributed by atoms with Gasteiger partial charge < -0.3 is 0 Å². The first-order chi connectivity index (χ1) is 6.68. The van der Waals surface area contributed by atoms with Crippen LogP contribution in [0.25, 0.3) is 0 Å². The number of nitriles is 1. The summed E-state index contributed by atoms with van der Waals surface area (Å²) in [7, 11) is 0. The molecule has 1 fully saturated rings. The molecule has 0 aromatic heterocycles. The fourth-order valence-corrected chi connectivity index (χ4v) is 2.25. The highest BCUT2D eigenvalue weighted by atomic mass is 35.5. The van der Waals surface area contributed by atoms with Crippen molar-refractivity contribution in [1.82, 2.24) is 0 Å². The Morgan fingerprint density at radius 3 is 2.64 bits per heavy atom. The van der Waals surface area contributed by atoms with Crippen molar-refractivity contribution < 1.29 is 0 Å². The summed E-state index contributed by atoms with van der Waals surface area (Å²) in [4.78, 5) is 0. The summed E-state index contributed by atoms with van der Waals surface area (Å²) in [5.41, 5.74) is 2.06. The lowest BCUT2D eigenvalue weighted by molar-refractivity contribution is 0.323. The third kappa shape index (κ3) is 1.31. The van der Waals surface area contributed by atoms with Crippen molar-refractivity contribution in [2.45, 2.75) is 31.6 Å². The molecule has 2 rings (SSSR count). The van der Waals surface area contributed by atoms with Crippen molar-refractivity contribution in [3.8, 4) is 6.07 Å². The minimum Gasteiger partial charge on any atom is -0.197 e. The average Bonchev–Trinajstić information content (AvgIpc) is 2.10. The molecule has 0 unspecified atom stereocenters. The molecular weight excluding hydrogens is 194 g/mol. The van der Waals surface area contributed by atoms with Gasteiger partial charge in [-0.2, -0.15) is 5.26 Å².